The first-order valence-electron chi connectivity index (χ1n) is 5.23. The highest BCUT2D eigenvalue weighted by Crippen LogP contribution is 2.33. The van der Waals surface area contributed by atoms with E-state index in [4.69, 9.17) is 23.2 Å². The Balaban J connectivity index is 2.16. The summed E-state index contributed by atoms with van der Waals surface area (Å²) in [6.07, 6.45) is 1.73. The first-order chi connectivity index (χ1) is 8.56. The number of anilines is 1. The molecular formula is C12H10BrCl2N3. The topological polar surface area (TPSA) is 37.8 Å². The lowest BCUT2D eigenvalue weighted by atomic mass is 10.3. The number of aryl methyl sites for hydroxylation is 1. The van der Waals surface area contributed by atoms with Crippen molar-refractivity contribution in [1.29, 1.82) is 0 Å². The van der Waals surface area contributed by atoms with Gasteiger partial charge in [-0.2, -0.15) is 0 Å². The van der Waals surface area contributed by atoms with Crippen LogP contribution < -0.4 is 5.32 Å². The molecule has 0 atom stereocenters. The van der Waals surface area contributed by atoms with Gasteiger partial charge in [0.15, 0.2) is 0 Å². The van der Waals surface area contributed by atoms with Crippen LogP contribution in [0.5, 0.6) is 0 Å². The average molecular weight is 347 g/mol. The zero-order chi connectivity index (χ0) is 13.1. The zero-order valence-corrected chi connectivity index (χ0v) is 12.6. The van der Waals surface area contributed by atoms with E-state index in [1.54, 1.807) is 18.3 Å². The van der Waals surface area contributed by atoms with Gasteiger partial charge in [-0.25, -0.2) is 9.97 Å². The molecule has 2 aromatic rings. The third kappa shape index (κ3) is 3.34. The van der Waals surface area contributed by atoms with Crippen LogP contribution in [0.25, 0.3) is 0 Å². The molecule has 0 amide bonds. The van der Waals surface area contributed by atoms with Crippen LogP contribution in [-0.2, 0) is 6.54 Å². The van der Waals surface area contributed by atoms with Crippen molar-refractivity contribution in [2.24, 2.45) is 0 Å². The van der Waals surface area contributed by atoms with E-state index < -0.39 is 0 Å². The maximum absolute atomic E-state index is 6.12. The summed E-state index contributed by atoms with van der Waals surface area (Å²) in [4.78, 5) is 8.34. The third-order valence-corrected chi connectivity index (χ3v) is 3.34. The molecule has 3 nitrogen and oxygen atoms in total. The Morgan fingerprint density at radius 2 is 1.94 bits per heavy atom. The van der Waals surface area contributed by atoms with Gasteiger partial charge in [0.05, 0.1) is 28.0 Å². The lowest BCUT2D eigenvalue weighted by Crippen LogP contribution is -2.04. The number of hydrogen-bond acceptors (Lipinski definition) is 3. The normalized spacial score (nSPS) is 10.4. The van der Waals surface area contributed by atoms with Crippen molar-refractivity contribution in [1.82, 2.24) is 9.97 Å². The molecule has 0 bridgehead atoms. The predicted molar refractivity (Wildman–Crippen MR) is 78.3 cm³/mol. The molecule has 6 heteroatoms. The number of nitrogens with one attached hydrogen (secondary N) is 1. The molecule has 0 aliphatic heterocycles. The predicted octanol–water partition coefficient (Wildman–Crippen LogP) is 4.47. The second-order valence-corrected chi connectivity index (χ2v) is 5.42. The standard InChI is InChI=1S/C12H10BrCl2N3/c1-7-16-3-2-9(18-7)6-17-12-10(14)4-8(13)5-11(12)15/h2-5,17H,6H2,1H3. The molecule has 0 saturated carbocycles. The van der Waals surface area contributed by atoms with Gasteiger partial charge < -0.3 is 5.32 Å². The van der Waals surface area contributed by atoms with Gasteiger partial charge >= 0.3 is 0 Å². The summed E-state index contributed by atoms with van der Waals surface area (Å²) in [5.41, 5.74) is 1.59. The van der Waals surface area contributed by atoms with Crippen molar-refractivity contribution in [3.63, 3.8) is 0 Å². The maximum Gasteiger partial charge on any atom is 0.125 e. The molecule has 1 aromatic heterocycles. The fourth-order valence-electron chi connectivity index (χ4n) is 1.49. The van der Waals surface area contributed by atoms with Gasteiger partial charge in [-0.1, -0.05) is 39.1 Å². The number of aromatic nitrogens is 2. The van der Waals surface area contributed by atoms with E-state index in [0.29, 0.717) is 22.3 Å². The molecular weight excluding hydrogens is 337 g/mol. The molecule has 18 heavy (non-hydrogen) atoms. The summed E-state index contributed by atoms with van der Waals surface area (Å²) in [7, 11) is 0. The van der Waals surface area contributed by atoms with Crippen molar-refractivity contribution in [3.8, 4) is 0 Å². The van der Waals surface area contributed by atoms with Crippen molar-refractivity contribution in [3.05, 3.63) is 50.4 Å². The van der Waals surface area contributed by atoms with Crippen LogP contribution in [0.15, 0.2) is 28.9 Å². The summed E-state index contributed by atoms with van der Waals surface area (Å²) >= 11 is 15.6. The third-order valence-electron chi connectivity index (χ3n) is 2.29. The highest BCUT2D eigenvalue weighted by atomic mass is 79.9. The van der Waals surface area contributed by atoms with Gasteiger partial charge in [-0.3, -0.25) is 0 Å². The summed E-state index contributed by atoms with van der Waals surface area (Å²) in [6, 6.07) is 5.43. The highest BCUT2D eigenvalue weighted by Gasteiger charge is 2.07. The molecule has 0 saturated heterocycles. The lowest BCUT2D eigenvalue weighted by Gasteiger charge is -2.10. The molecule has 1 aromatic carbocycles. The maximum atomic E-state index is 6.12. The van der Waals surface area contributed by atoms with E-state index in [-0.39, 0.29) is 0 Å². The number of halogens is 3. The number of nitrogens with zero attached hydrogens (tertiary/aromatic N) is 2. The molecule has 2 rings (SSSR count). The van der Waals surface area contributed by atoms with E-state index in [1.165, 1.54) is 0 Å². The molecule has 1 N–H and O–H groups in total. The molecule has 0 aliphatic carbocycles. The molecule has 0 fully saturated rings. The van der Waals surface area contributed by atoms with E-state index in [0.717, 1.165) is 16.0 Å². The van der Waals surface area contributed by atoms with Crippen molar-refractivity contribution in [2.75, 3.05) is 5.32 Å². The molecule has 0 radical (unpaired) electrons. The van der Waals surface area contributed by atoms with Crippen molar-refractivity contribution in [2.45, 2.75) is 13.5 Å². The lowest BCUT2D eigenvalue weighted by molar-refractivity contribution is 0.955. The van der Waals surface area contributed by atoms with Crippen LogP contribution in [0, 0.1) is 6.92 Å². The van der Waals surface area contributed by atoms with E-state index in [9.17, 15) is 0 Å². The molecule has 0 unspecified atom stereocenters. The van der Waals surface area contributed by atoms with Crippen LogP contribution in [-0.4, -0.2) is 9.97 Å². The summed E-state index contributed by atoms with van der Waals surface area (Å²) in [6.45, 7) is 2.40. The van der Waals surface area contributed by atoms with Gasteiger partial charge in [-0.15, -0.1) is 0 Å². The van der Waals surface area contributed by atoms with Gasteiger partial charge in [-0.05, 0) is 25.1 Å². The van der Waals surface area contributed by atoms with E-state index in [1.807, 2.05) is 13.0 Å². The Morgan fingerprint density at radius 3 is 2.56 bits per heavy atom. The highest BCUT2D eigenvalue weighted by molar-refractivity contribution is 9.10. The fraction of sp³-hybridized carbons (Fsp3) is 0.167. The van der Waals surface area contributed by atoms with Gasteiger partial charge in [0.2, 0.25) is 0 Å². The first kappa shape index (κ1) is 13.6. The van der Waals surface area contributed by atoms with Crippen LogP contribution in [0.1, 0.15) is 11.5 Å². The largest absolute Gasteiger partial charge is 0.377 e. The van der Waals surface area contributed by atoms with Gasteiger partial charge in [0.1, 0.15) is 5.82 Å². The number of benzene rings is 1. The number of rotatable bonds is 3. The molecule has 94 valence electrons. The Morgan fingerprint density at radius 1 is 1.28 bits per heavy atom. The van der Waals surface area contributed by atoms with E-state index in [2.05, 4.69) is 31.2 Å². The molecule has 0 aliphatic rings. The van der Waals surface area contributed by atoms with E-state index >= 15 is 0 Å². The quantitative estimate of drug-likeness (QED) is 0.891. The second-order valence-electron chi connectivity index (χ2n) is 3.69. The van der Waals surface area contributed by atoms with Crippen LogP contribution in [0.2, 0.25) is 10.0 Å². The minimum atomic E-state index is 0.546. The number of hydrogen-bond donors (Lipinski definition) is 1. The van der Waals surface area contributed by atoms with Crippen LogP contribution in [0.3, 0.4) is 0 Å². The van der Waals surface area contributed by atoms with Crippen molar-refractivity contribution >= 4 is 44.8 Å². The summed E-state index contributed by atoms with van der Waals surface area (Å²) in [5.74, 6) is 0.738. The monoisotopic (exact) mass is 345 g/mol. The minimum absolute atomic E-state index is 0.546. The SMILES string of the molecule is Cc1nccc(CNc2c(Cl)cc(Br)cc2Cl)n1. The second kappa shape index (κ2) is 5.87. The van der Waals surface area contributed by atoms with Gasteiger partial charge in [0, 0.05) is 10.7 Å². The zero-order valence-electron chi connectivity index (χ0n) is 9.54. The fourth-order valence-corrected chi connectivity index (χ4v) is 2.84. The Kier molecular flexibility index (Phi) is 4.43. The molecule has 0 spiro atoms. The smallest absolute Gasteiger partial charge is 0.125 e. The minimum Gasteiger partial charge on any atom is -0.377 e. The van der Waals surface area contributed by atoms with Crippen LogP contribution >= 0.6 is 39.1 Å². The molecule has 1 heterocycles. The average Bonchev–Trinajstić information content (AvgIpc) is 2.27. The summed E-state index contributed by atoms with van der Waals surface area (Å²) < 4.78 is 0.848. The van der Waals surface area contributed by atoms with Gasteiger partial charge in [0.25, 0.3) is 0 Å². The van der Waals surface area contributed by atoms with Crippen LogP contribution in [0.4, 0.5) is 5.69 Å². The van der Waals surface area contributed by atoms with Crippen molar-refractivity contribution < 1.29 is 0 Å². The summed E-state index contributed by atoms with van der Waals surface area (Å²) in [5, 5.41) is 4.32. The Bertz CT molecular complexity index is 552. The Hall–Kier alpha value is -0.840. The Labute approximate surface area is 124 Å². The first-order valence-corrected chi connectivity index (χ1v) is 6.78.